The van der Waals surface area contributed by atoms with Gasteiger partial charge in [0.2, 0.25) is 5.91 Å². The van der Waals surface area contributed by atoms with Gasteiger partial charge in [-0.2, -0.15) is 5.10 Å². The number of pyridine rings is 1. The van der Waals surface area contributed by atoms with Gasteiger partial charge in [-0.1, -0.05) is 17.7 Å². The van der Waals surface area contributed by atoms with Crippen molar-refractivity contribution in [1.29, 1.82) is 0 Å². The lowest BCUT2D eigenvalue weighted by molar-refractivity contribution is -0.384. The minimum absolute atomic E-state index is 0.0250. The van der Waals surface area contributed by atoms with E-state index < -0.39 is 16.7 Å². The first-order valence-corrected chi connectivity index (χ1v) is 7.73. The number of carbonyl (C=O) groups is 2. The van der Waals surface area contributed by atoms with E-state index in [2.05, 4.69) is 20.8 Å². The average molecular weight is 376 g/mol. The van der Waals surface area contributed by atoms with Crippen molar-refractivity contribution in [2.45, 2.75) is 13.3 Å². The Hall–Kier alpha value is -3.33. The molecule has 0 radical (unpaired) electrons. The Balaban J connectivity index is 1.94. The molecule has 0 spiro atoms. The van der Waals surface area contributed by atoms with E-state index in [0.717, 1.165) is 6.07 Å². The van der Waals surface area contributed by atoms with Crippen molar-refractivity contribution in [3.8, 4) is 0 Å². The van der Waals surface area contributed by atoms with Crippen molar-refractivity contribution in [3.05, 3.63) is 63.4 Å². The minimum Gasteiger partial charge on any atom is -0.326 e. The number of hydrazone groups is 1. The number of anilines is 1. The molecule has 134 valence electrons. The van der Waals surface area contributed by atoms with Crippen LogP contribution in [0.2, 0.25) is 5.02 Å². The number of amides is 2. The van der Waals surface area contributed by atoms with Crippen LogP contribution in [0.4, 0.5) is 11.4 Å². The standard InChI is InChI=1S/C16H14ClN5O4/c1-10(20-21-16(24)13-4-2-3-7-18-13)8-15(23)19-11-5-6-12(17)14(9-11)22(25)26/h2-7,9H,8H2,1H3,(H,19,23)(H,21,24)/b20-10+. The molecule has 0 unspecified atom stereocenters. The van der Waals surface area contributed by atoms with Gasteiger partial charge in [-0.15, -0.1) is 0 Å². The van der Waals surface area contributed by atoms with E-state index in [1.54, 1.807) is 19.1 Å². The molecule has 10 heteroatoms. The van der Waals surface area contributed by atoms with Gasteiger partial charge in [-0.05, 0) is 31.2 Å². The van der Waals surface area contributed by atoms with E-state index in [-0.39, 0.29) is 28.5 Å². The normalized spacial score (nSPS) is 10.9. The second-order valence-corrected chi connectivity index (χ2v) is 5.56. The van der Waals surface area contributed by atoms with E-state index in [0.29, 0.717) is 5.71 Å². The summed E-state index contributed by atoms with van der Waals surface area (Å²) in [5.74, 6) is -0.950. The predicted octanol–water partition coefficient (Wildman–Crippen LogP) is 2.78. The number of halogens is 1. The topological polar surface area (TPSA) is 127 Å². The van der Waals surface area contributed by atoms with Crippen molar-refractivity contribution in [2.24, 2.45) is 5.10 Å². The number of hydrogen-bond acceptors (Lipinski definition) is 6. The van der Waals surface area contributed by atoms with Crippen molar-refractivity contribution >= 4 is 40.5 Å². The predicted molar refractivity (Wildman–Crippen MR) is 96.2 cm³/mol. The number of nitrogens with one attached hydrogen (secondary N) is 2. The number of nitro groups is 1. The molecule has 0 bridgehead atoms. The minimum atomic E-state index is -0.641. The fourth-order valence-electron chi connectivity index (χ4n) is 1.91. The molecule has 0 aliphatic carbocycles. The monoisotopic (exact) mass is 375 g/mol. The summed E-state index contributed by atoms with van der Waals surface area (Å²) >= 11 is 5.71. The molecule has 0 saturated heterocycles. The molecule has 2 rings (SSSR count). The molecule has 0 atom stereocenters. The van der Waals surface area contributed by atoms with Crippen LogP contribution < -0.4 is 10.7 Å². The van der Waals surface area contributed by atoms with Gasteiger partial charge in [-0.3, -0.25) is 24.7 Å². The van der Waals surface area contributed by atoms with Crippen LogP contribution in [-0.2, 0) is 4.79 Å². The van der Waals surface area contributed by atoms with E-state index in [1.165, 1.54) is 24.4 Å². The third kappa shape index (κ3) is 5.35. The largest absolute Gasteiger partial charge is 0.326 e. The molecule has 1 aromatic heterocycles. The Morgan fingerprint density at radius 1 is 1.31 bits per heavy atom. The first-order valence-electron chi connectivity index (χ1n) is 7.35. The summed E-state index contributed by atoms with van der Waals surface area (Å²) in [4.78, 5) is 37.9. The highest BCUT2D eigenvalue weighted by molar-refractivity contribution is 6.32. The Labute approximate surface area is 153 Å². The lowest BCUT2D eigenvalue weighted by Gasteiger charge is -2.06. The molecule has 0 aliphatic rings. The molecule has 1 heterocycles. The van der Waals surface area contributed by atoms with Gasteiger partial charge in [0.25, 0.3) is 11.6 Å². The van der Waals surface area contributed by atoms with E-state index in [4.69, 9.17) is 11.6 Å². The van der Waals surface area contributed by atoms with Crippen molar-refractivity contribution in [1.82, 2.24) is 10.4 Å². The van der Waals surface area contributed by atoms with Gasteiger partial charge in [-0.25, -0.2) is 5.43 Å². The molecule has 2 aromatic rings. The summed E-state index contributed by atoms with van der Waals surface area (Å²) in [6, 6.07) is 8.80. The van der Waals surface area contributed by atoms with Crippen LogP contribution in [0.25, 0.3) is 0 Å². The summed E-state index contributed by atoms with van der Waals surface area (Å²) < 4.78 is 0. The van der Waals surface area contributed by atoms with Gasteiger partial charge >= 0.3 is 0 Å². The van der Waals surface area contributed by atoms with E-state index in [9.17, 15) is 19.7 Å². The van der Waals surface area contributed by atoms with Crippen LogP contribution >= 0.6 is 11.6 Å². The SMILES string of the molecule is C/C(CC(=O)Nc1ccc(Cl)c([N+](=O)[O-])c1)=N\NC(=O)c1ccccn1. The molecule has 0 saturated carbocycles. The molecule has 0 aliphatic heterocycles. The Kier molecular flexibility index (Phi) is 6.34. The fourth-order valence-corrected chi connectivity index (χ4v) is 2.09. The maximum Gasteiger partial charge on any atom is 0.289 e. The van der Waals surface area contributed by atoms with Crippen molar-refractivity contribution < 1.29 is 14.5 Å². The average Bonchev–Trinajstić information content (AvgIpc) is 2.61. The second kappa shape index (κ2) is 8.67. The fraction of sp³-hybridized carbons (Fsp3) is 0.125. The Morgan fingerprint density at radius 2 is 2.08 bits per heavy atom. The number of hydrogen-bond donors (Lipinski definition) is 2. The molecular formula is C16H14ClN5O4. The van der Waals surface area contributed by atoms with Crippen LogP contribution in [-0.4, -0.2) is 27.4 Å². The third-order valence-corrected chi connectivity index (χ3v) is 3.41. The molecule has 26 heavy (non-hydrogen) atoms. The third-order valence-electron chi connectivity index (χ3n) is 3.09. The van der Waals surface area contributed by atoms with Crippen LogP contribution in [0, 0.1) is 10.1 Å². The van der Waals surface area contributed by atoms with Gasteiger partial charge in [0.15, 0.2) is 0 Å². The zero-order valence-electron chi connectivity index (χ0n) is 13.6. The maximum atomic E-state index is 12.0. The Morgan fingerprint density at radius 3 is 2.73 bits per heavy atom. The number of nitro benzene ring substituents is 1. The van der Waals surface area contributed by atoms with Gasteiger partial charge in [0.05, 0.1) is 11.3 Å². The van der Waals surface area contributed by atoms with Crippen LogP contribution in [0.15, 0.2) is 47.7 Å². The highest BCUT2D eigenvalue weighted by Crippen LogP contribution is 2.27. The van der Waals surface area contributed by atoms with Crippen molar-refractivity contribution in [2.75, 3.05) is 5.32 Å². The number of carbonyl (C=O) groups excluding carboxylic acids is 2. The van der Waals surface area contributed by atoms with Gasteiger partial charge in [0, 0.05) is 23.7 Å². The summed E-state index contributed by atoms with van der Waals surface area (Å²) in [5, 5.41) is 17.2. The summed E-state index contributed by atoms with van der Waals surface area (Å²) in [6.45, 7) is 1.56. The van der Waals surface area contributed by atoms with E-state index >= 15 is 0 Å². The molecule has 9 nitrogen and oxygen atoms in total. The lowest BCUT2D eigenvalue weighted by Crippen LogP contribution is -2.22. The molecule has 2 N–H and O–H groups in total. The number of benzene rings is 1. The Bertz CT molecular complexity index is 870. The molecule has 1 aromatic carbocycles. The molecule has 0 fully saturated rings. The van der Waals surface area contributed by atoms with E-state index in [1.807, 2.05) is 0 Å². The second-order valence-electron chi connectivity index (χ2n) is 5.15. The summed E-state index contributed by atoms with van der Waals surface area (Å²) in [6.07, 6.45) is 1.36. The van der Waals surface area contributed by atoms with Gasteiger partial charge in [0.1, 0.15) is 10.7 Å². The summed E-state index contributed by atoms with van der Waals surface area (Å²) in [5.41, 5.74) is 2.76. The van der Waals surface area contributed by atoms with Crippen molar-refractivity contribution in [3.63, 3.8) is 0 Å². The number of aromatic nitrogens is 1. The smallest absolute Gasteiger partial charge is 0.289 e. The quantitative estimate of drug-likeness (QED) is 0.456. The van der Waals surface area contributed by atoms with Crippen LogP contribution in [0.1, 0.15) is 23.8 Å². The highest BCUT2D eigenvalue weighted by atomic mass is 35.5. The summed E-state index contributed by atoms with van der Waals surface area (Å²) in [7, 11) is 0. The first kappa shape index (κ1) is 19.0. The zero-order valence-corrected chi connectivity index (χ0v) is 14.4. The number of rotatable bonds is 6. The first-order chi connectivity index (χ1) is 12.4. The van der Waals surface area contributed by atoms with Crippen LogP contribution in [0.5, 0.6) is 0 Å². The highest BCUT2D eigenvalue weighted by Gasteiger charge is 2.14. The molecule has 2 amide bonds. The maximum absolute atomic E-state index is 12.0. The number of nitrogens with zero attached hydrogens (tertiary/aromatic N) is 3. The zero-order chi connectivity index (χ0) is 19.1. The van der Waals surface area contributed by atoms with Crippen LogP contribution in [0.3, 0.4) is 0 Å². The molecular weight excluding hydrogens is 362 g/mol. The van der Waals surface area contributed by atoms with Gasteiger partial charge < -0.3 is 5.32 Å². The lowest BCUT2D eigenvalue weighted by atomic mass is 10.2.